The highest BCUT2D eigenvalue weighted by Crippen LogP contribution is 2.30. The number of halogens is 1. The van der Waals surface area contributed by atoms with Crippen molar-refractivity contribution >= 4 is 11.6 Å². The molecular formula is C19H14ClN5. The van der Waals surface area contributed by atoms with Crippen LogP contribution in [0, 0.1) is 36.5 Å². The normalized spacial score (nSPS) is 10.3. The van der Waals surface area contributed by atoms with Crippen LogP contribution in [0.15, 0.2) is 36.7 Å². The minimum absolute atomic E-state index is 0.428. The molecule has 122 valence electrons. The van der Waals surface area contributed by atoms with Crippen molar-refractivity contribution in [3.8, 4) is 23.3 Å². The van der Waals surface area contributed by atoms with E-state index in [0.717, 1.165) is 28.1 Å². The van der Waals surface area contributed by atoms with Gasteiger partial charge in [0.15, 0.2) is 0 Å². The molecule has 3 aromatic rings. The molecule has 6 heteroatoms. The third-order valence-corrected chi connectivity index (χ3v) is 4.33. The summed E-state index contributed by atoms with van der Waals surface area (Å²) in [7, 11) is 0. The Morgan fingerprint density at radius 1 is 1.12 bits per heavy atom. The number of hydrogen-bond acceptors (Lipinski definition) is 4. The summed E-state index contributed by atoms with van der Waals surface area (Å²) in [5, 5.41) is 23.1. The van der Waals surface area contributed by atoms with E-state index in [0.29, 0.717) is 22.7 Å². The predicted octanol–water partition coefficient (Wildman–Crippen LogP) is 4.01. The van der Waals surface area contributed by atoms with E-state index in [1.807, 2.05) is 30.7 Å². The topological polar surface area (TPSA) is 78.3 Å². The Morgan fingerprint density at radius 3 is 2.60 bits per heavy atom. The molecule has 25 heavy (non-hydrogen) atoms. The van der Waals surface area contributed by atoms with Gasteiger partial charge in [0.2, 0.25) is 0 Å². The second-order valence-electron chi connectivity index (χ2n) is 5.70. The standard InChI is InChI=1S/C19H14ClN5/c1-12-19(16-3-4-17(8-22)18(20)6-16)13(2)25(24-12)11-15-5-14(7-21)9-23-10-15/h3-6,9-10H,11H2,1-2H3. The third-order valence-electron chi connectivity index (χ3n) is 4.02. The van der Waals surface area contributed by atoms with Crippen LogP contribution >= 0.6 is 11.6 Å². The highest BCUT2D eigenvalue weighted by Gasteiger charge is 2.15. The van der Waals surface area contributed by atoms with Gasteiger partial charge in [-0.25, -0.2) is 0 Å². The number of aryl methyl sites for hydroxylation is 1. The summed E-state index contributed by atoms with van der Waals surface area (Å²) in [5.41, 5.74) is 5.67. The molecule has 0 fully saturated rings. The van der Waals surface area contributed by atoms with Crippen LogP contribution in [0.2, 0.25) is 5.02 Å². The Hall–Kier alpha value is -3.15. The van der Waals surface area contributed by atoms with Crippen LogP contribution < -0.4 is 0 Å². The second-order valence-corrected chi connectivity index (χ2v) is 6.11. The molecule has 0 radical (unpaired) electrons. The molecule has 0 N–H and O–H groups in total. The van der Waals surface area contributed by atoms with Crippen LogP contribution in [0.5, 0.6) is 0 Å². The summed E-state index contributed by atoms with van der Waals surface area (Å²) in [6.07, 6.45) is 3.27. The highest BCUT2D eigenvalue weighted by molar-refractivity contribution is 6.32. The van der Waals surface area contributed by atoms with Gasteiger partial charge in [0.1, 0.15) is 12.1 Å². The minimum atomic E-state index is 0.428. The lowest BCUT2D eigenvalue weighted by molar-refractivity contribution is 0.657. The van der Waals surface area contributed by atoms with Crippen molar-refractivity contribution in [3.63, 3.8) is 0 Å². The Morgan fingerprint density at radius 2 is 1.92 bits per heavy atom. The first-order chi connectivity index (χ1) is 12.0. The first-order valence-corrected chi connectivity index (χ1v) is 7.99. The molecule has 0 aliphatic rings. The van der Waals surface area contributed by atoms with E-state index in [-0.39, 0.29) is 0 Å². The summed E-state index contributed by atoms with van der Waals surface area (Å²) in [6.45, 7) is 4.46. The van der Waals surface area contributed by atoms with Gasteiger partial charge in [-0.05, 0) is 43.2 Å². The Bertz CT molecular complexity index is 1040. The Kier molecular flexibility index (Phi) is 4.52. The van der Waals surface area contributed by atoms with Crippen molar-refractivity contribution in [1.82, 2.24) is 14.8 Å². The monoisotopic (exact) mass is 347 g/mol. The largest absolute Gasteiger partial charge is 0.264 e. The lowest BCUT2D eigenvalue weighted by atomic mass is 10.0. The van der Waals surface area contributed by atoms with Gasteiger partial charge in [-0.2, -0.15) is 15.6 Å². The van der Waals surface area contributed by atoms with E-state index in [1.165, 1.54) is 6.20 Å². The summed E-state index contributed by atoms with van der Waals surface area (Å²) in [4.78, 5) is 4.09. The molecule has 1 aromatic carbocycles. The molecule has 0 unspecified atom stereocenters. The van der Waals surface area contributed by atoms with E-state index >= 15 is 0 Å². The number of benzene rings is 1. The Labute approximate surface area is 150 Å². The average Bonchev–Trinajstić information content (AvgIpc) is 2.88. The van der Waals surface area contributed by atoms with E-state index in [9.17, 15) is 0 Å². The maximum absolute atomic E-state index is 9.02. The van der Waals surface area contributed by atoms with Crippen molar-refractivity contribution in [1.29, 1.82) is 10.5 Å². The zero-order chi connectivity index (χ0) is 18.0. The molecule has 3 rings (SSSR count). The average molecular weight is 348 g/mol. The number of aromatic nitrogens is 3. The highest BCUT2D eigenvalue weighted by atomic mass is 35.5. The van der Waals surface area contributed by atoms with Crippen LogP contribution in [0.3, 0.4) is 0 Å². The number of nitrogens with zero attached hydrogens (tertiary/aromatic N) is 5. The fourth-order valence-corrected chi connectivity index (χ4v) is 3.06. The van der Waals surface area contributed by atoms with Gasteiger partial charge in [0.05, 0.1) is 28.4 Å². The molecule has 0 atom stereocenters. The predicted molar refractivity (Wildman–Crippen MR) is 94.9 cm³/mol. The lowest BCUT2D eigenvalue weighted by Gasteiger charge is -2.07. The molecule has 0 bridgehead atoms. The zero-order valence-corrected chi connectivity index (χ0v) is 14.5. The number of pyridine rings is 1. The van der Waals surface area contributed by atoms with Gasteiger partial charge >= 0.3 is 0 Å². The SMILES string of the molecule is Cc1nn(Cc2cncc(C#N)c2)c(C)c1-c1ccc(C#N)c(Cl)c1. The van der Waals surface area contributed by atoms with Crippen LogP contribution in [0.1, 0.15) is 28.1 Å². The molecular weight excluding hydrogens is 334 g/mol. The van der Waals surface area contributed by atoms with Gasteiger partial charge in [0.25, 0.3) is 0 Å². The van der Waals surface area contributed by atoms with Crippen LogP contribution in [-0.4, -0.2) is 14.8 Å². The van der Waals surface area contributed by atoms with E-state index in [1.54, 1.807) is 18.3 Å². The molecule has 0 spiro atoms. The first-order valence-electron chi connectivity index (χ1n) is 7.61. The van der Waals surface area contributed by atoms with Gasteiger partial charge in [-0.3, -0.25) is 9.67 Å². The Balaban J connectivity index is 2.00. The third kappa shape index (κ3) is 3.24. The zero-order valence-electron chi connectivity index (χ0n) is 13.8. The smallest absolute Gasteiger partial charge is 0.101 e. The van der Waals surface area contributed by atoms with Crippen molar-refractivity contribution in [2.75, 3.05) is 0 Å². The fraction of sp³-hybridized carbons (Fsp3) is 0.158. The number of nitriles is 2. The van der Waals surface area contributed by atoms with Crippen molar-refractivity contribution in [2.24, 2.45) is 0 Å². The number of hydrogen-bond donors (Lipinski definition) is 0. The van der Waals surface area contributed by atoms with Crippen LogP contribution in [0.25, 0.3) is 11.1 Å². The summed E-state index contributed by atoms with van der Waals surface area (Å²) in [6, 6.07) is 11.4. The van der Waals surface area contributed by atoms with E-state index < -0.39 is 0 Å². The lowest BCUT2D eigenvalue weighted by Crippen LogP contribution is -2.04. The molecule has 0 saturated heterocycles. The summed E-state index contributed by atoms with van der Waals surface area (Å²) in [5.74, 6) is 0. The molecule has 0 aliphatic heterocycles. The molecule has 0 amide bonds. The van der Waals surface area contributed by atoms with Gasteiger partial charge in [-0.1, -0.05) is 17.7 Å². The summed E-state index contributed by atoms with van der Waals surface area (Å²) < 4.78 is 1.88. The van der Waals surface area contributed by atoms with Gasteiger partial charge < -0.3 is 0 Å². The number of rotatable bonds is 3. The summed E-state index contributed by atoms with van der Waals surface area (Å²) >= 11 is 6.17. The van der Waals surface area contributed by atoms with E-state index in [2.05, 4.69) is 22.2 Å². The molecule has 0 saturated carbocycles. The van der Waals surface area contributed by atoms with Crippen molar-refractivity contribution in [3.05, 3.63) is 69.8 Å². The van der Waals surface area contributed by atoms with Gasteiger partial charge in [-0.15, -0.1) is 0 Å². The molecule has 5 nitrogen and oxygen atoms in total. The quantitative estimate of drug-likeness (QED) is 0.717. The van der Waals surface area contributed by atoms with E-state index in [4.69, 9.17) is 22.1 Å². The maximum atomic E-state index is 9.02. The van der Waals surface area contributed by atoms with Crippen molar-refractivity contribution < 1.29 is 0 Å². The maximum Gasteiger partial charge on any atom is 0.101 e. The molecule has 2 aromatic heterocycles. The first kappa shape index (κ1) is 16.7. The molecule has 0 aliphatic carbocycles. The van der Waals surface area contributed by atoms with Gasteiger partial charge in [0, 0.05) is 23.7 Å². The van der Waals surface area contributed by atoms with Crippen LogP contribution in [-0.2, 0) is 6.54 Å². The molecule has 2 heterocycles. The van der Waals surface area contributed by atoms with Crippen LogP contribution in [0.4, 0.5) is 0 Å². The minimum Gasteiger partial charge on any atom is -0.264 e. The second kappa shape index (κ2) is 6.76. The van der Waals surface area contributed by atoms with Crippen molar-refractivity contribution in [2.45, 2.75) is 20.4 Å². The fourth-order valence-electron chi connectivity index (χ4n) is 2.84.